The van der Waals surface area contributed by atoms with Gasteiger partial charge in [0, 0.05) is 0 Å². The summed E-state index contributed by atoms with van der Waals surface area (Å²) in [7, 11) is 0. The molecule has 2 atom stereocenters. The normalized spacial score (nSPS) is 19.0. The van der Waals surface area contributed by atoms with Crippen molar-refractivity contribution in [3.8, 4) is 0 Å². The van der Waals surface area contributed by atoms with Crippen LogP contribution < -0.4 is 5.06 Å². The van der Waals surface area contributed by atoms with E-state index < -0.39 is 23.7 Å². The number of carbonyl (C=O) groups is 1. The molecular weight excluding hydrogens is 402 g/mol. The molecule has 1 aliphatic rings. The van der Waals surface area contributed by atoms with E-state index in [2.05, 4.69) is 0 Å². The molecule has 0 spiro atoms. The summed E-state index contributed by atoms with van der Waals surface area (Å²) >= 11 is 0. The van der Waals surface area contributed by atoms with E-state index in [1.165, 1.54) is 0 Å². The molecule has 1 aliphatic heterocycles. The largest absolute Gasteiger partial charge is 0.508 e. The number of hydrogen-bond acceptors (Lipinski definition) is 5. The van der Waals surface area contributed by atoms with E-state index in [0.29, 0.717) is 0 Å². The number of hydroxylamine groups is 1. The summed E-state index contributed by atoms with van der Waals surface area (Å²) in [5.74, 6) is -0.722. The van der Waals surface area contributed by atoms with Crippen LogP contribution in [0.4, 0.5) is 5.69 Å². The van der Waals surface area contributed by atoms with Gasteiger partial charge in [-0.25, -0.2) is 9.86 Å². The maximum absolute atomic E-state index is 13.4. The lowest BCUT2D eigenvalue weighted by Crippen LogP contribution is -2.41. The molecule has 4 rings (SSSR count). The van der Waals surface area contributed by atoms with Gasteiger partial charge in [0.05, 0.1) is 5.69 Å². The lowest BCUT2D eigenvalue weighted by molar-refractivity contribution is -0.152. The minimum absolute atomic E-state index is 0.147. The van der Waals surface area contributed by atoms with Gasteiger partial charge in [-0.05, 0) is 44.0 Å². The van der Waals surface area contributed by atoms with Crippen LogP contribution in [0.15, 0.2) is 102 Å². The summed E-state index contributed by atoms with van der Waals surface area (Å²) in [5, 5.41) is 13.1. The summed E-state index contributed by atoms with van der Waals surface area (Å²) in [6.07, 6.45) is -0.848. The van der Waals surface area contributed by atoms with E-state index in [4.69, 9.17) is 9.57 Å². The highest BCUT2D eigenvalue weighted by Gasteiger charge is 2.43. The second-order valence-electron chi connectivity index (χ2n) is 8.67. The standard InChI is InChI=1S/C27H27NO4/c1-27(2,3)31-26(30)22-23(19-13-7-4-8-14-19)28(21-17-11-6-12-18-21)32-25(24(22)29)20-15-9-5-10-16-20/h4-18,23,25,29H,1-3H3/t23-,25+/m0/s1. The fraction of sp³-hybridized carbons (Fsp3) is 0.222. The van der Waals surface area contributed by atoms with Gasteiger partial charge in [0.2, 0.25) is 0 Å². The van der Waals surface area contributed by atoms with Crippen molar-refractivity contribution in [1.29, 1.82) is 0 Å². The molecule has 32 heavy (non-hydrogen) atoms. The van der Waals surface area contributed by atoms with Gasteiger partial charge in [-0.2, -0.15) is 0 Å². The fourth-order valence-corrected chi connectivity index (χ4v) is 3.74. The fourth-order valence-electron chi connectivity index (χ4n) is 3.74. The first-order valence-corrected chi connectivity index (χ1v) is 10.6. The van der Waals surface area contributed by atoms with Crippen molar-refractivity contribution < 1.29 is 19.5 Å². The Morgan fingerprint density at radius 1 is 0.844 bits per heavy atom. The minimum atomic E-state index is -0.848. The molecule has 0 radical (unpaired) electrons. The van der Waals surface area contributed by atoms with Gasteiger partial charge >= 0.3 is 5.97 Å². The Morgan fingerprint density at radius 3 is 1.88 bits per heavy atom. The number of anilines is 1. The van der Waals surface area contributed by atoms with Gasteiger partial charge in [-0.3, -0.25) is 4.84 Å². The molecule has 164 valence electrons. The molecule has 0 saturated heterocycles. The summed E-state index contributed by atoms with van der Waals surface area (Å²) in [6, 6.07) is 27.7. The van der Waals surface area contributed by atoms with E-state index >= 15 is 0 Å². The van der Waals surface area contributed by atoms with Crippen molar-refractivity contribution >= 4 is 11.7 Å². The zero-order valence-electron chi connectivity index (χ0n) is 18.4. The number of aliphatic hydroxyl groups excluding tert-OH is 1. The highest BCUT2D eigenvalue weighted by atomic mass is 16.7. The SMILES string of the molecule is CC(C)(C)OC(=O)C1=C(O)[C@@H](c2ccccc2)ON(c2ccccc2)[C@H]1c1ccccc1. The van der Waals surface area contributed by atoms with Crippen molar-refractivity contribution in [2.24, 2.45) is 0 Å². The molecule has 0 aromatic heterocycles. The van der Waals surface area contributed by atoms with Gasteiger partial charge in [0.25, 0.3) is 0 Å². The Morgan fingerprint density at radius 2 is 1.34 bits per heavy atom. The number of carbonyl (C=O) groups excluding carboxylic acids is 1. The van der Waals surface area contributed by atoms with Crippen LogP contribution in [0.5, 0.6) is 0 Å². The second kappa shape index (κ2) is 8.89. The Balaban J connectivity index is 1.92. The van der Waals surface area contributed by atoms with Crippen LogP contribution in [0.2, 0.25) is 0 Å². The number of benzene rings is 3. The van der Waals surface area contributed by atoms with Gasteiger partial charge in [-0.15, -0.1) is 0 Å². The lowest BCUT2D eigenvalue weighted by Gasteiger charge is -2.41. The number of hydrogen-bond donors (Lipinski definition) is 1. The van der Waals surface area contributed by atoms with Crippen molar-refractivity contribution in [1.82, 2.24) is 0 Å². The van der Waals surface area contributed by atoms with Crippen LogP contribution in [0.3, 0.4) is 0 Å². The molecular formula is C27H27NO4. The highest BCUT2D eigenvalue weighted by Crippen LogP contribution is 2.45. The quantitative estimate of drug-likeness (QED) is 0.510. The van der Waals surface area contributed by atoms with Crippen LogP contribution in [-0.2, 0) is 14.4 Å². The number of ether oxygens (including phenoxy) is 1. The van der Waals surface area contributed by atoms with Crippen LogP contribution >= 0.6 is 0 Å². The first-order valence-electron chi connectivity index (χ1n) is 10.6. The average molecular weight is 430 g/mol. The van der Waals surface area contributed by atoms with E-state index in [-0.39, 0.29) is 11.3 Å². The highest BCUT2D eigenvalue weighted by molar-refractivity contribution is 5.92. The smallest absolute Gasteiger partial charge is 0.340 e. The Hall–Kier alpha value is -3.57. The van der Waals surface area contributed by atoms with Crippen molar-refractivity contribution in [2.75, 3.05) is 5.06 Å². The molecule has 0 amide bonds. The lowest BCUT2D eigenvalue weighted by atomic mass is 9.92. The van der Waals surface area contributed by atoms with E-state index in [0.717, 1.165) is 16.8 Å². The maximum atomic E-state index is 13.4. The summed E-state index contributed by atoms with van der Waals surface area (Å²) in [6.45, 7) is 5.43. The molecule has 3 aromatic rings. The zero-order valence-corrected chi connectivity index (χ0v) is 18.4. The van der Waals surface area contributed by atoms with Crippen molar-refractivity contribution in [3.63, 3.8) is 0 Å². The van der Waals surface area contributed by atoms with Crippen LogP contribution in [-0.4, -0.2) is 16.7 Å². The first kappa shape index (κ1) is 21.7. The van der Waals surface area contributed by atoms with Crippen molar-refractivity contribution in [2.45, 2.75) is 38.5 Å². The van der Waals surface area contributed by atoms with Crippen molar-refractivity contribution in [3.05, 3.63) is 113 Å². The molecule has 1 heterocycles. The predicted molar refractivity (Wildman–Crippen MR) is 124 cm³/mol. The Bertz CT molecular complexity index is 1090. The minimum Gasteiger partial charge on any atom is -0.508 e. The molecule has 0 saturated carbocycles. The van der Waals surface area contributed by atoms with E-state index in [1.54, 1.807) is 5.06 Å². The van der Waals surface area contributed by atoms with E-state index in [1.807, 2.05) is 112 Å². The monoisotopic (exact) mass is 429 g/mol. The number of para-hydroxylation sites is 1. The zero-order chi connectivity index (χ0) is 22.7. The van der Waals surface area contributed by atoms with E-state index in [9.17, 15) is 9.90 Å². The second-order valence-corrected chi connectivity index (χ2v) is 8.67. The summed E-state index contributed by atoms with van der Waals surface area (Å²) < 4.78 is 5.73. The van der Waals surface area contributed by atoms with Crippen LogP contribution in [0, 0.1) is 0 Å². The third kappa shape index (κ3) is 4.53. The third-order valence-corrected chi connectivity index (χ3v) is 5.10. The third-order valence-electron chi connectivity index (χ3n) is 5.10. The molecule has 3 aromatic carbocycles. The molecule has 5 nitrogen and oxygen atoms in total. The Labute approximate surface area is 188 Å². The summed E-state index contributed by atoms with van der Waals surface area (Å²) in [4.78, 5) is 19.8. The number of esters is 1. The molecule has 5 heteroatoms. The molecule has 0 unspecified atom stereocenters. The van der Waals surface area contributed by atoms with Gasteiger partial charge in [0.1, 0.15) is 23.0 Å². The molecule has 1 N–H and O–H groups in total. The Kier molecular flexibility index (Phi) is 6.01. The maximum Gasteiger partial charge on any atom is 0.340 e. The number of nitrogens with zero attached hydrogens (tertiary/aromatic N) is 1. The molecule has 0 aliphatic carbocycles. The summed E-state index contributed by atoms with van der Waals surface area (Å²) in [5.41, 5.74) is 1.74. The van der Waals surface area contributed by atoms with Gasteiger partial charge in [0.15, 0.2) is 6.10 Å². The van der Waals surface area contributed by atoms with Gasteiger partial charge in [-0.1, -0.05) is 78.9 Å². The topological polar surface area (TPSA) is 59.0 Å². The first-order chi connectivity index (χ1) is 15.3. The van der Waals surface area contributed by atoms with Gasteiger partial charge < -0.3 is 9.84 Å². The molecule has 0 fully saturated rings. The number of aliphatic hydroxyl groups is 1. The van der Waals surface area contributed by atoms with Crippen LogP contribution in [0.1, 0.15) is 44.0 Å². The number of rotatable bonds is 4. The predicted octanol–water partition coefficient (Wildman–Crippen LogP) is 6.07. The van der Waals surface area contributed by atoms with Crippen LogP contribution in [0.25, 0.3) is 0 Å². The average Bonchev–Trinajstić information content (AvgIpc) is 2.79. The molecule has 0 bridgehead atoms.